The quantitative estimate of drug-likeness (QED) is 0.494. The number of amides is 3. The molecule has 1 atom stereocenters. The van der Waals surface area contributed by atoms with Crippen molar-refractivity contribution in [3.8, 4) is 0 Å². The van der Waals surface area contributed by atoms with Crippen molar-refractivity contribution in [3.63, 3.8) is 0 Å². The number of carbonyl (C=O) groups excluding carboxylic acids is 3. The lowest BCUT2D eigenvalue weighted by atomic mass is 9.95. The molecule has 3 aromatic rings. The maximum atomic E-state index is 13.6. The van der Waals surface area contributed by atoms with Crippen molar-refractivity contribution >= 4 is 34.7 Å². The molecular weight excluding hydrogens is 450 g/mol. The zero-order valence-electron chi connectivity index (χ0n) is 19.2. The standard InChI is InChI=1S/C26H29N3O4S/c1-18-14-15-21(33-18)24(26(32)28-19-9-4-2-5-10-19)29(20-11-6-3-7-12-20)23(30)17-27-25(31)22-13-8-16-34-22/h3,6-8,11-16,19,24H,2,4-5,9-10,17H2,1H3,(H,27,31)(H,28,32)/t24-/m1/s1. The predicted octanol–water partition coefficient (Wildman–Crippen LogP) is 4.60. The van der Waals surface area contributed by atoms with Crippen molar-refractivity contribution in [2.24, 2.45) is 0 Å². The van der Waals surface area contributed by atoms with Gasteiger partial charge in [0.1, 0.15) is 11.5 Å². The molecule has 178 valence electrons. The van der Waals surface area contributed by atoms with E-state index in [1.165, 1.54) is 22.7 Å². The molecule has 0 saturated heterocycles. The monoisotopic (exact) mass is 479 g/mol. The molecule has 4 rings (SSSR count). The van der Waals surface area contributed by atoms with Crippen molar-refractivity contribution in [2.45, 2.75) is 51.1 Å². The molecule has 2 heterocycles. The van der Waals surface area contributed by atoms with Crippen LogP contribution in [-0.2, 0) is 9.59 Å². The third-order valence-electron chi connectivity index (χ3n) is 5.94. The van der Waals surface area contributed by atoms with E-state index in [0.29, 0.717) is 22.1 Å². The number of anilines is 1. The van der Waals surface area contributed by atoms with E-state index in [2.05, 4.69) is 10.6 Å². The first-order chi connectivity index (χ1) is 16.5. The summed E-state index contributed by atoms with van der Waals surface area (Å²) in [6.45, 7) is 1.55. The fourth-order valence-electron chi connectivity index (χ4n) is 4.26. The Hall–Kier alpha value is -3.39. The first-order valence-electron chi connectivity index (χ1n) is 11.6. The molecule has 0 aliphatic heterocycles. The summed E-state index contributed by atoms with van der Waals surface area (Å²) in [5, 5.41) is 7.63. The first-order valence-corrected chi connectivity index (χ1v) is 12.5. The Kier molecular flexibility index (Phi) is 7.80. The highest BCUT2D eigenvalue weighted by molar-refractivity contribution is 7.12. The second-order valence-corrected chi connectivity index (χ2v) is 9.40. The summed E-state index contributed by atoms with van der Waals surface area (Å²) < 4.78 is 5.85. The Bertz CT molecular complexity index is 1100. The van der Waals surface area contributed by atoms with Crippen LogP contribution in [0.1, 0.15) is 59.3 Å². The highest BCUT2D eigenvalue weighted by Crippen LogP contribution is 2.30. The summed E-state index contributed by atoms with van der Waals surface area (Å²) in [6.07, 6.45) is 5.17. The number of furan rings is 1. The van der Waals surface area contributed by atoms with E-state index >= 15 is 0 Å². The van der Waals surface area contributed by atoms with E-state index < -0.39 is 11.9 Å². The van der Waals surface area contributed by atoms with Gasteiger partial charge in [0.05, 0.1) is 11.4 Å². The molecule has 2 aromatic heterocycles. The molecule has 2 N–H and O–H groups in total. The Morgan fingerprint density at radius 1 is 1.03 bits per heavy atom. The van der Waals surface area contributed by atoms with Gasteiger partial charge in [0.15, 0.2) is 6.04 Å². The number of rotatable bonds is 8. The van der Waals surface area contributed by atoms with E-state index in [-0.39, 0.29) is 24.4 Å². The van der Waals surface area contributed by atoms with Gasteiger partial charge < -0.3 is 15.1 Å². The third kappa shape index (κ3) is 5.75. The van der Waals surface area contributed by atoms with Gasteiger partial charge in [0, 0.05) is 11.7 Å². The summed E-state index contributed by atoms with van der Waals surface area (Å²) in [5.41, 5.74) is 0.552. The van der Waals surface area contributed by atoms with Crippen LogP contribution >= 0.6 is 11.3 Å². The molecule has 1 fully saturated rings. The van der Waals surface area contributed by atoms with E-state index in [4.69, 9.17) is 4.42 Å². The van der Waals surface area contributed by atoms with Crippen molar-refractivity contribution in [1.82, 2.24) is 10.6 Å². The maximum Gasteiger partial charge on any atom is 0.261 e. The van der Waals surface area contributed by atoms with Crippen LogP contribution < -0.4 is 15.5 Å². The van der Waals surface area contributed by atoms with Crippen LogP contribution in [0, 0.1) is 6.92 Å². The van der Waals surface area contributed by atoms with Crippen LogP contribution in [0.25, 0.3) is 0 Å². The molecule has 0 radical (unpaired) electrons. The van der Waals surface area contributed by atoms with Crippen molar-refractivity contribution < 1.29 is 18.8 Å². The van der Waals surface area contributed by atoms with Gasteiger partial charge in [-0.2, -0.15) is 0 Å². The summed E-state index contributed by atoms with van der Waals surface area (Å²) in [5.74, 6) is 0.00919. The minimum absolute atomic E-state index is 0.0751. The lowest BCUT2D eigenvalue weighted by Crippen LogP contribution is -2.49. The van der Waals surface area contributed by atoms with Gasteiger partial charge in [0.25, 0.3) is 11.8 Å². The smallest absolute Gasteiger partial charge is 0.261 e. The van der Waals surface area contributed by atoms with E-state index in [0.717, 1.165) is 25.7 Å². The van der Waals surface area contributed by atoms with E-state index in [1.807, 2.05) is 18.2 Å². The second kappa shape index (κ2) is 11.2. The summed E-state index contributed by atoms with van der Waals surface area (Å²) in [4.78, 5) is 41.5. The van der Waals surface area contributed by atoms with Gasteiger partial charge in [-0.15, -0.1) is 11.3 Å². The molecule has 0 spiro atoms. The molecule has 0 bridgehead atoms. The summed E-state index contributed by atoms with van der Waals surface area (Å²) in [7, 11) is 0. The fourth-order valence-corrected chi connectivity index (χ4v) is 4.90. The molecule has 1 saturated carbocycles. The number of hydrogen-bond donors (Lipinski definition) is 2. The van der Waals surface area contributed by atoms with Crippen LogP contribution in [0.5, 0.6) is 0 Å². The lowest BCUT2D eigenvalue weighted by Gasteiger charge is -2.32. The zero-order chi connectivity index (χ0) is 23.9. The predicted molar refractivity (Wildman–Crippen MR) is 132 cm³/mol. The average Bonchev–Trinajstić information content (AvgIpc) is 3.54. The zero-order valence-corrected chi connectivity index (χ0v) is 20.0. The normalized spacial score (nSPS) is 14.9. The molecule has 8 heteroatoms. The van der Waals surface area contributed by atoms with Crippen LogP contribution in [-0.4, -0.2) is 30.3 Å². The highest BCUT2D eigenvalue weighted by atomic mass is 32.1. The Morgan fingerprint density at radius 3 is 2.44 bits per heavy atom. The van der Waals surface area contributed by atoms with Crippen LogP contribution in [0.2, 0.25) is 0 Å². The average molecular weight is 480 g/mol. The number of aryl methyl sites for hydroxylation is 1. The number of nitrogens with one attached hydrogen (secondary N) is 2. The Labute approximate surface area is 203 Å². The van der Waals surface area contributed by atoms with Crippen LogP contribution in [0.4, 0.5) is 5.69 Å². The number of hydrogen-bond acceptors (Lipinski definition) is 5. The van der Waals surface area contributed by atoms with E-state index in [9.17, 15) is 14.4 Å². The van der Waals surface area contributed by atoms with Gasteiger partial charge in [0.2, 0.25) is 5.91 Å². The minimum atomic E-state index is -0.996. The summed E-state index contributed by atoms with van der Waals surface area (Å²) >= 11 is 1.30. The summed E-state index contributed by atoms with van der Waals surface area (Å²) in [6, 6.07) is 15.1. The molecule has 1 aromatic carbocycles. The second-order valence-electron chi connectivity index (χ2n) is 8.45. The van der Waals surface area contributed by atoms with Crippen LogP contribution in [0.15, 0.2) is 64.4 Å². The van der Waals surface area contributed by atoms with Gasteiger partial charge in [-0.25, -0.2) is 0 Å². The minimum Gasteiger partial charge on any atom is -0.464 e. The Morgan fingerprint density at radius 2 is 1.79 bits per heavy atom. The van der Waals surface area contributed by atoms with Gasteiger partial charge in [-0.1, -0.05) is 43.5 Å². The molecule has 1 aliphatic rings. The molecule has 0 unspecified atom stereocenters. The van der Waals surface area contributed by atoms with Gasteiger partial charge in [-0.05, 0) is 55.5 Å². The number of para-hydroxylation sites is 1. The molecule has 1 aliphatic carbocycles. The number of benzene rings is 1. The number of carbonyl (C=O) groups is 3. The van der Waals surface area contributed by atoms with Crippen LogP contribution in [0.3, 0.4) is 0 Å². The molecule has 7 nitrogen and oxygen atoms in total. The third-order valence-corrected chi connectivity index (χ3v) is 6.81. The van der Waals surface area contributed by atoms with Crippen molar-refractivity contribution in [1.29, 1.82) is 0 Å². The topological polar surface area (TPSA) is 91.7 Å². The SMILES string of the molecule is Cc1ccc([C@H](C(=O)NC2CCCCC2)N(C(=O)CNC(=O)c2cccs2)c2ccccc2)o1. The largest absolute Gasteiger partial charge is 0.464 e. The fraction of sp³-hybridized carbons (Fsp3) is 0.346. The molecule has 34 heavy (non-hydrogen) atoms. The van der Waals surface area contributed by atoms with Crippen molar-refractivity contribution in [3.05, 3.63) is 76.4 Å². The van der Waals surface area contributed by atoms with Crippen molar-refractivity contribution in [2.75, 3.05) is 11.4 Å². The molecular formula is C26H29N3O4S. The highest BCUT2D eigenvalue weighted by Gasteiger charge is 2.36. The Balaban J connectivity index is 1.62. The molecule has 3 amide bonds. The lowest BCUT2D eigenvalue weighted by molar-refractivity contribution is -0.127. The number of thiophene rings is 1. The number of nitrogens with zero attached hydrogens (tertiary/aromatic N) is 1. The maximum absolute atomic E-state index is 13.6. The van der Waals surface area contributed by atoms with Gasteiger partial charge in [-0.3, -0.25) is 19.3 Å². The first kappa shape index (κ1) is 23.8. The van der Waals surface area contributed by atoms with E-state index in [1.54, 1.807) is 48.7 Å². The van der Waals surface area contributed by atoms with Gasteiger partial charge >= 0.3 is 0 Å².